The number of rotatable bonds is 0. The Morgan fingerprint density at radius 1 is 1.25 bits per heavy atom. The van der Waals surface area contributed by atoms with Gasteiger partial charge in [-0.05, 0) is 18.3 Å². The second kappa shape index (κ2) is 2.04. The number of amides is 1. The number of likely N-dealkylation sites (tertiary alicyclic amines) is 1. The lowest BCUT2D eigenvalue weighted by atomic mass is 9.51. The van der Waals surface area contributed by atoms with E-state index in [1.165, 1.54) is 12.8 Å². The van der Waals surface area contributed by atoms with Crippen LogP contribution in [0.5, 0.6) is 0 Å². The molecule has 2 heteroatoms. The molecule has 12 heavy (non-hydrogen) atoms. The number of nitrogens with zero attached hydrogens (tertiary/aromatic N) is 1. The van der Waals surface area contributed by atoms with Crippen LogP contribution in [0.2, 0.25) is 0 Å². The van der Waals surface area contributed by atoms with Gasteiger partial charge in [0.15, 0.2) is 0 Å². The molecule has 1 saturated carbocycles. The van der Waals surface area contributed by atoms with Crippen LogP contribution in [0.1, 0.15) is 33.6 Å². The highest BCUT2D eigenvalue weighted by atomic mass is 16.2. The molecule has 1 amide bonds. The molecule has 0 N–H and O–H groups in total. The smallest absolute Gasteiger partial charge is 0.219 e. The van der Waals surface area contributed by atoms with Gasteiger partial charge in [-0.15, -0.1) is 0 Å². The molecule has 1 saturated heterocycles. The van der Waals surface area contributed by atoms with E-state index < -0.39 is 0 Å². The van der Waals surface area contributed by atoms with Gasteiger partial charge in [0.1, 0.15) is 0 Å². The molecule has 0 aromatic heterocycles. The third-order valence-electron chi connectivity index (χ3n) is 3.20. The lowest BCUT2D eigenvalue weighted by Gasteiger charge is -2.62. The first kappa shape index (κ1) is 8.09. The summed E-state index contributed by atoms with van der Waals surface area (Å²) in [5.41, 5.74) is 1.08. The fourth-order valence-corrected chi connectivity index (χ4v) is 3.19. The van der Waals surface area contributed by atoms with E-state index in [2.05, 4.69) is 13.8 Å². The van der Waals surface area contributed by atoms with Gasteiger partial charge in [-0.1, -0.05) is 13.8 Å². The number of carbonyl (C=O) groups is 1. The zero-order chi connectivity index (χ0) is 8.98. The number of hydrogen-bond acceptors (Lipinski definition) is 1. The summed E-state index contributed by atoms with van der Waals surface area (Å²) >= 11 is 0. The van der Waals surface area contributed by atoms with Gasteiger partial charge < -0.3 is 4.90 Å². The second-order valence-electron chi connectivity index (χ2n) is 5.39. The summed E-state index contributed by atoms with van der Waals surface area (Å²) in [6, 6.07) is 0. The van der Waals surface area contributed by atoms with Crippen LogP contribution in [0.3, 0.4) is 0 Å². The Labute approximate surface area is 73.9 Å². The van der Waals surface area contributed by atoms with Crippen LogP contribution in [0.25, 0.3) is 0 Å². The summed E-state index contributed by atoms with van der Waals surface area (Å²) in [6.07, 6.45) is 2.62. The van der Waals surface area contributed by atoms with E-state index in [-0.39, 0.29) is 5.91 Å². The van der Waals surface area contributed by atoms with Crippen molar-refractivity contribution in [3.8, 4) is 0 Å². The first-order chi connectivity index (χ1) is 5.43. The van der Waals surface area contributed by atoms with E-state index >= 15 is 0 Å². The first-order valence-electron chi connectivity index (χ1n) is 4.68. The third-order valence-corrected chi connectivity index (χ3v) is 3.20. The maximum atomic E-state index is 10.9. The number of carbonyl (C=O) groups excluding carboxylic acids is 1. The zero-order valence-corrected chi connectivity index (χ0v) is 8.18. The van der Waals surface area contributed by atoms with Crippen LogP contribution >= 0.6 is 0 Å². The molecular weight excluding hydrogens is 150 g/mol. The van der Waals surface area contributed by atoms with Crippen molar-refractivity contribution in [2.45, 2.75) is 33.6 Å². The first-order valence-corrected chi connectivity index (χ1v) is 4.68. The standard InChI is InChI=1S/C10H17NO/c1-8(12)11-6-10(7-11)4-9(2,3)5-10/h4-7H2,1-3H3. The molecule has 2 rings (SSSR count). The molecule has 0 aromatic rings. The minimum absolute atomic E-state index is 0.241. The Morgan fingerprint density at radius 3 is 2.08 bits per heavy atom. The molecule has 1 aliphatic carbocycles. The van der Waals surface area contributed by atoms with E-state index in [1.54, 1.807) is 6.92 Å². The fourth-order valence-electron chi connectivity index (χ4n) is 3.19. The van der Waals surface area contributed by atoms with E-state index in [4.69, 9.17) is 0 Å². The van der Waals surface area contributed by atoms with Gasteiger partial charge in [0.05, 0.1) is 0 Å². The predicted molar refractivity (Wildman–Crippen MR) is 47.7 cm³/mol. The monoisotopic (exact) mass is 167 g/mol. The predicted octanol–water partition coefficient (Wildman–Crippen LogP) is 1.65. The summed E-state index contributed by atoms with van der Waals surface area (Å²) in [6.45, 7) is 8.33. The van der Waals surface area contributed by atoms with Crippen LogP contribution in [0.4, 0.5) is 0 Å². The van der Waals surface area contributed by atoms with Crippen LogP contribution in [0, 0.1) is 10.8 Å². The van der Waals surface area contributed by atoms with Crippen molar-refractivity contribution in [3.63, 3.8) is 0 Å². The second-order valence-corrected chi connectivity index (χ2v) is 5.39. The topological polar surface area (TPSA) is 20.3 Å². The highest BCUT2D eigenvalue weighted by Crippen LogP contribution is 2.58. The normalized spacial score (nSPS) is 29.4. The molecule has 1 heterocycles. The van der Waals surface area contributed by atoms with Crippen molar-refractivity contribution in [2.24, 2.45) is 10.8 Å². The van der Waals surface area contributed by atoms with Crippen molar-refractivity contribution >= 4 is 5.91 Å². The SMILES string of the molecule is CC(=O)N1CC2(C1)CC(C)(C)C2. The van der Waals surface area contributed by atoms with E-state index in [0.717, 1.165) is 13.1 Å². The summed E-state index contributed by atoms with van der Waals surface area (Å²) in [7, 11) is 0. The van der Waals surface area contributed by atoms with Gasteiger partial charge in [-0.25, -0.2) is 0 Å². The molecule has 0 atom stereocenters. The van der Waals surface area contributed by atoms with Crippen LogP contribution in [-0.2, 0) is 4.79 Å². The summed E-state index contributed by atoms with van der Waals surface area (Å²) in [5.74, 6) is 0.241. The van der Waals surface area contributed by atoms with E-state index in [9.17, 15) is 4.79 Å². The molecule has 1 aliphatic heterocycles. The van der Waals surface area contributed by atoms with Crippen molar-refractivity contribution < 1.29 is 4.79 Å². The molecule has 0 radical (unpaired) electrons. The molecule has 2 fully saturated rings. The lowest BCUT2D eigenvalue weighted by molar-refractivity contribution is -0.162. The van der Waals surface area contributed by atoms with Crippen molar-refractivity contribution in [3.05, 3.63) is 0 Å². The largest absolute Gasteiger partial charge is 0.342 e. The molecule has 68 valence electrons. The van der Waals surface area contributed by atoms with Crippen molar-refractivity contribution in [1.29, 1.82) is 0 Å². The minimum Gasteiger partial charge on any atom is -0.342 e. The zero-order valence-electron chi connectivity index (χ0n) is 8.18. The summed E-state index contributed by atoms with van der Waals surface area (Å²) in [4.78, 5) is 12.9. The van der Waals surface area contributed by atoms with Crippen LogP contribution in [-0.4, -0.2) is 23.9 Å². The molecule has 2 aliphatic rings. The Hall–Kier alpha value is -0.530. The third kappa shape index (κ3) is 1.05. The Morgan fingerprint density at radius 2 is 1.75 bits per heavy atom. The highest BCUT2D eigenvalue weighted by molar-refractivity contribution is 5.74. The highest BCUT2D eigenvalue weighted by Gasteiger charge is 2.56. The van der Waals surface area contributed by atoms with Crippen molar-refractivity contribution in [1.82, 2.24) is 4.90 Å². The maximum Gasteiger partial charge on any atom is 0.219 e. The fraction of sp³-hybridized carbons (Fsp3) is 0.900. The van der Waals surface area contributed by atoms with Gasteiger partial charge in [0.2, 0.25) is 5.91 Å². The Bertz CT molecular complexity index is 216. The quantitative estimate of drug-likeness (QED) is 0.537. The molecule has 1 spiro atoms. The summed E-state index contributed by atoms with van der Waals surface area (Å²) < 4.78 is 0. The molecule has 0 aromatic carbocycles. The van der Waals surface area contributed by atoms with E-state index in [1.807, 2.05) is 4.90 Å². The Kier molecular flexibility index (Phi) is 1.37. The van der Waals surface area contributed by atoms with Gasteiger partial charge in [0, 0.05) is 25.4 Å². The van der Waals surface area contributed by atoms with Crippen LogP contribution in [0.15, 0.2) is 0 Å². The maximum absolute atomic E-state index is 10.9. The molecule has 0 unspecified atom stereocenters. The van der Waals surface area contributed by atoms with Gasteiger partial charge in [0.25, 0.3) is 0 Å². The molecule has 2 nitrogen and oxygen atoms in total. The van der Waals surface area contributed by atoms with E-state index in [0.29, 0.717) is 10.8 Å². The van der Waals surface area contributed by atoms with Gasteiger partial charge in [-0.2, -0.15) is 0 Å². The van der Waals surface area contributed by atoms with Crippen LogP contribution < -0.4 is 0 Å². The number of hydrogen-bond donors (Lipinski definition) is 0. The molecular formula is C10H17NO. The van der Waals surface area contributed by atoms with Gasteiger partial charge in [-0.3, -0.25) is 4.79 Å². The Balaban J connectivity index is 1.87. The average Bonchev–Trinajstić information content (AvgIpc) is 1.75. The van der Waals surface area contributed by atoms with Gasteiger partial charge >= 0.3 is 0 Å². The lowest BCUT2D eigenvalue weighted by Crippen LogP contribution is -2.65. The molecule has 0 bridgehead atoms. The minimum atomic E-state index is 0.241. The average molecular weight is 167 g/mol. The summed E-state index contributed by atoms with van der Waals surface area (Å²) in [5, 5.41) is 0. The van der Waals surface area contributed by atoms with Crippen molar-refractivity contribution in [2.75, 3.05) is 13.1 Å².